The number of aromatic nitrogens is 1. The Kier molecular flexibility index (Phi) is 3.89. The van der Waals surface area contributed by atoms with E-state index in [0.29, 0.717) is 12.4 Å². The number of hydrogen-bond acceptors (Lipinski definition) is 4. The van der Waals surface area contributed by atoms with E-state index in [4.69, 9.17) is 5.11 Å². The van der Waals surface area contributed by atoms with Crippen LogP contribution in [-0.4, -0.2) is 22.1 Å². The molecular weight excluding hydrogens is 307 g/mol. The first-order valence-corrected chi connectivity index (χ1v) is 5.86. The third kappa shape index (κ3) is 2.41. The molecule has 0 aliphatic rings. The highest BCUT2D eigenvalue weighted by molar-refractivity contribution is 5.83. The Labute approximate surface area is 120 Å². The van der Waals surface area contributed by atoms with Crippen LogP contribution in [0.4, 0.5) is 18.0 Å². The lowest BCUT2D eigenvalue weighted by atomic mass is 10.1. The summed E-state index contributed by atoms with van der Waals surface area (Å²) >= 11 is 0. The van der Waals surface area contributed by atoms with Crippen LogP contribution in [0.2, 0.25) is 0 Å². The third-order valence-corrected chi connectivity index (χ3v) is 2.95. The number of aldehydes is 1. The van der Waals surface area contributed by atoms with Gasteiger partial charge in [-0.15, -0.1) is 0 Å². The molecule has 0 aliphatic heterocycles. The van der Waals surface area contributed by atoms with Gasteiger partial charge in [0.2, 0.25) is 5.43 Å². The molecule has 0 spiro atoms. The first-order valence-electron chi connectivity index (χ1n) is 5.86. The van der Waals surface area contributed by atoms with Crippen molar-refractivity contribution in [2.45, 2.75) is 13.0 Å². The van der Waals surface area contributed by atoms with E-state index in [-0.39, 0.29) is 0 Å². The van der Waals surface area contributed by atoms with Gasteiger partial charge in [0.15, 0.2) is 23.2 Å². The third-order valence-electron chi connectivity index (χ3n) is 2.95. The van der Waals surface area contributed by atoms with E-state index < -0.39 is 51.7 Å². The van der Waals surface area contributed by atoms with E-state index in [1.165, 1.54) is 6.92 Å². The second kappa shape index (κ2) is 5.51. The molecule has 1 unspecified atom stereocenters. The van der Waals surface area contributed by atoms with Gasteiger partial charge in [-0.1, -0.05) is 0 Å². The number of fused-ring (bicyclic) bond motifs is 1. The first-order chi connectivity index (χ1) is 10.3. The molecule has 0 saturated heterocycles. The quantitative estimate of drug-likeness (QED) is 0.533. The number of hydrogen-bond donors (Lipinski definition) is 1. The van der Waals surface area contributed by atoms with Crippen LogP contribution in [-0.2, 0) is 4.79 Å². The lowest BCUT2D eigenvalue weighted by Gasteiger charge is -2.16. The minimum Gasteiger partial charge on any atom is -0.449 e. The summed E-state index contributed by atoms with van der Waals surface area (Å²) < 4.78 is 45.6. The van der Waals surface area contributed by atoms with Crippen molar-refractivity contribution in [1.82, 2.24) is 4.57 Å². The number of halogens is 3. The normalized spacial score (nSPS) is 12.2. The minimum absolute atomic E-state index is 0.342. The molecule has 0 amide bonds. The van der Waals surface area contributed by atoms with Crippen LogP contribution in [0.25, 0.3) is 10.9 Å². The van der Waals surface area contributed by atoms with E-state index in [2.05, 4.69) is 4.74 Å². The maximum Gasteiger partial charge on any atom is 0.511 e. The van der Waals surface area contributed by atoms with Gasteiger partial charge in [0.25, 0.3) is 0 Å². The standard InChI is InChI=1S/C13H8F3NO5/c1-5(4-18)17-3-8(22-13(20)21)12(19)6-2-7(14)9(15)10(16)11(6)17/h2-5H,1H3,(H,20,21). The Balaban J connectivity index is 2.98. The number of nitrogens with zero attached hydrogens (tertiary/aromatic N) is 1. The Morgan fingerprint density at radius 3 is 2.55 bits per heavy atom. The lowest BCUT2D eigenvalue weighted by molar-refractivity contribution is -0.110. The molecule has 6 nitrogen and oxygen atoms in total. The van der Waals surface area contributed by atoms with Gasteiger partial charge in [-0.05, 0) is 13.0 Å². The summed E-state index contributed by atoms with van der Waals surface area (Å²) in [5, 5.41) is 7.91. The fourth-order valence-electron chi connectivity index (χ4n) is 1.95. The number of ether oxygens (including phenoxy) is 1. The van der Waals surface area contributed by atoms with Crippen LogP contribution in [0.3, 0.4) is 0 Å². The van der Waals surface area contributed by atoms with Crippen molar-refractivity contribution >= 4 is 23.3 Å². The molecule has 116 valence electrons. The van der Waals surface area contributed by atoms with Crippen molar-refractivity contribution in [3.8, 4) is 5.75 Å². The van der Waals surface area contributed by atoms with Crippen LogP contribution < -0.4 is 10.2 Å². The molecule has 2 rings (SSSR count). The number of pyridine rings is 1. The molecule has 1 N–H and O–H groups in total. The van der Waals surface area contributed by atoms with E-state index in [0.717, 1.165) is 10.8 Å². The second-order valence-corrected chi connectivity index (χ2v) is 4.36. The fourth-order valence-corrected chi connectivity index (χ4v) is 1.95. The number of benzene rings is 1. The Bertz CT molecular complexity index is 846. The summed E-state index contributed by atoms with van der Waals surface area (Å²) in [5.74, 6) is -5.87. The van der Waals surface area contributed by atoms with E-state index in [9.17, 15) is 27.6 Å². The average molecular weight is 315 g/mol. The number of carboxylic acid groups (broad SMARTS) is 1. The van der Waals surface area contributed by atoms with E-state index >= 15 is 0 Å². The van der Waals surface area contributed by atoms with Crippen molar-refractivity contribution < 1.29 is 32.6 Å². The number of carbonyl (C=O) groups excluding carboxylic acids is 1. The summed E-state index contributed by atoms with van der Waals surface area (Å²) in [6.45, 7) is 1.28. The second-order valence-electron chi connectivity index (χ2n) is 4.36. The Hall–Kier alpha value is -2.84. The van der Waals surface area contributed by atoms with Gasteiger partial charge in [0, 0.05) is 0 Å². The summed E-state index contributed by atoms with van der Waals surface area (Å²) in [7, 11) is 0. The maximum atomic E-state index is 13.9. The highest BCUT2D eigenvalue weighted by Crippen LogP contribution is 2.25. The summed E-state index contributed by atoms with van der Waals surface area (Å²) in [6, 6.07) is -0.669. The molecule has 1 heterocycles. The zero-order valence-corrected chi connectivity index (χ0v) is 11.0. The zero-order valence-electron chi connectivity index (χ0n) is 11.0. The molecule has 0 fully saturated rings. The van der Waals surface area contributed by atoms with Gasteiger partial charge < -0.3 is 19.2 Å². The fraction of sp³-hybridized carbons (Fsp3) is 0.154. The maximum absolute atomic E-state index is 13.9. The van der Waals surface area contributed by atoms with Gasteiger partial charge in [0.1, 0.15) is 6.29 Å². The first kappa shape index (κ1) is 15.5. The van der Waals surface area contributed by atoms with Crippen molar-refractivity contribution in [2.75, 3.05) is 0 Å². The molecule has 0 bridgehead atoms. The van der Waals surface area contributed by atoms with Gasteiger partial charge >= 0.3 is 6.16 Å². The van der Waals surface area contributed by atoms with Gasteiger partial charge in [-0.2, -0.15) is 0 Å². The Morgan fingerprint density at radius 2 is 2.00 bits per heavy atom. The largest absolute Gasteiger partial charge is 0.511 e. The van der Waals surface area contributed by atoms with Crippen LogP contribution in [0.15, 0.2) is 17.1 Å². The molecule has 9 heteroatoms. The molecule has 0 radical (unpaired) electrons. The lowest BCUT2D eigenvalue weighted by Crippen LogP contribution is -2.20. The summed E-state index contributed by atoms with van der Waals surface area (Å²) in [4.78, 5) is 33.4. The summed E-state index contributed by atoms with van der Waals surface area (Å²) in [6.07, 6.45) is -0.738. The average Bonchev–Trinajstić information content (AvgIpc) is 2.46. The van der Waals surface area contributed by atoms with Crippen LogP contribution in [0, 0.1) is 17.5 Å². The smallest absolute Gasteiger partial charge is 0.449 e. The molecule has 1 aromatic carbocycles. The van der Waals surface area contributed by atoms with Crippen molar-refractivity contribution in [1.29, 1.82) is 0 Å². The van der Waals surface area contributed by atoms with Crippen molar-refractivity contribution in [2.24, 2.45) is 0 Å². The van der Waals surface area contributed by atoms with Crippen LogP contribution in [0.5, 0.6) is 5.75 Å². The van der Waals surface area contributed by atoms with Gasteiger partial charge in [0.05, 0.1) is 23.1 Å². The van der Waals surface area contributed by atoms with E-state index in [1.54, 1.807) is 0 Å². The van der Waals surface area contributed by atoms with Crippen molar-refractivity contribution in [3.05, 3.63) is 39.9 Å². The van der Waals surface area contributed by atoms with Crippen LogP contribution >= 0.6 is 0 Å². The molecule has 1 atom stereocenters. The number of carbonyl (C=O) groups is 2. The highest BCUT2D eigenvalue weighted by Gasteiger charge is 2.23. The molecule has 22 heavy (non-hydrogen) atoms. The molecular formula is C13H8F3NO5. The van der Waals surface area contributed by atoms with Gasteiger partial charge in [-0.25, -0.2) is 18.0 Å². The van der Waals surface area contributed by atoms with E-state index in [1.807, 2.05) is 0 Å². The summed E-state index contributed by atoms with van der Waals surface area (Å²) in [5.41, 5.74) is -1.81. The van der Waals surface area contributed by atoms with Crippen LogP contribution in [0.1, 0.15) is 13.0 Å². The molecule has 2 aromatic rings. The molecule has 1 aromatic heterocycles. The predicted octanol–water partition coefficient (Wildman–Crippen LogP) is 2.24. The Morgan fingerprint density at radius 1 is 1.36 bits per heavy atom. The topological polar surface area (TPSA) is 85.6 Å². The highest BCUT2D eigenvalue weighted by atomic mass is 19.2. The molecule has 0 saturated carbocycles. The van der Waals surface area contributed by atoms with Crippen molar-refractivity contribution in [3.63, 3.8) is 0 Å². The predicted molar refractivity (Wildman–Crippen MR) is 67.5 cm³/mol. The van der Waals surface area contributed by atoms with Gasteiger partial charge in [-0.3, -0.25) is 4.79 Å². The number of rotatable bonds is 3. The zero-order chi connectivity index (χ0) is 16.6. The minimum atomic E-state index is -1.83. The monoisotopic (exact) mass is 315 g/mol. The molecule has 0 aliphatic carbocycles. The SMILES string of the molecule is CC(C=O)n1cc(OC(=O)O)c(=O)c2cc(F)c(F)c(F)c21.